The summed E-state index contributed by atoms with van der Waals surface area (Å²) in [5, 5.41) is 21.4. The van der Waals surface area contributed by atoms with Crippen LogP contribution in [0.15, 0.2) is 30.3 Å². The molecule has 0 aliphatic rings. The lowest BCUT2D eigenvalue weighted by molar-refractivity contribution is -0.0478. The normalized spacial score (nSPS) is 11.7. The maximum Gasteiger partial charge on any atom is 0.282 e. The molecule has 0 saturated heterocycles. The van der Waals surface area contributed by atoms with Crippen LogP contribution in [-0.2, 0) is 6.54 Å². The molecule has 0 unspecified atom stereocenters. The molecule has 0 aliphatic carbocycles. The third-order valence-corrected chi connectivity index (χ3v) is 2.57. The van der Waals surface area contributed by atoms with Gasteiger partial charge in [0.25, 0.3) is 5.92 Å². The number of rotatable bonds is 6. The minimum absolute atomic E-state index is 0.149. The topological polar surface area (TPSA) is 73.8 Å². The SMILES string of the molecule is OCC(F)(F)CNCc1n[nH]nc1-c1ccccc1. The fraction of sp³-hybridized carbons (Fsp3) is 0.333. The van der Waals surface area contributed by atoms with Crippen molar-refractivity contribution in [2.45, 2.75) is 12.5 Å². The molecular weight excluding hydrogens is 254 g/mol. The Bertz CT molecular complexity index is 515. The van der Waals surface area contributed by atoms with Crippen molar-refractivity contribution in [3.05, 3.63) is 36.0 Å². The fourth-order valence-electron chi connectivity index (χ4n) is 1.62. The summed E-state index contributed by atoms with van der Waals surface area (Å²) in [5.41, 5.74) is 2.04. The molecule has 19 heavy (non-hydrogen) atoms. The first-order valence-corrected chi connectivity index (χ1v) is 5.77. The number of benzene rings is 1. The third kappa shape index (κ3) is 3.55. The maximum absolute atomic E-state index is 12.8. The van der Waals surface area contributed by atoms with Crippen LogP contribution in [-0.4, -0.2) is 39.6 Å². The first-order valence-electron chi connectivity index (χ1n) is 5.77. The van der Waals surface area contributed by atoms with Gasteiger partial charge in [0.2, 0.25) is 0 Å². The van der Waals surface area contributed by atoms with Gasteiger partial charge in [0.1, 0.15) is 18.0 Å². The van der Waals surface area contributed by atoms with Crippen molar-refractivity contribution >= 4 is 0 Å². The first kappa shape index (κ1) is 13.6. The number of aliphatic hydroxyl groups is 1. The van der Waals surface area contributed by atoms with E-state index in [1.165, 1.54) is 0 Å². The molecule has 0 amide bonds. The standard InChI is InChI=1S/C12H14F2N4O/c13-12(14,8-19)7-15-6-10-11(17-18-16-10)9-4-2-1-3-5-9/h1-5,15,19H,6-8H2,(H,16,17,18). The fourth-order valence-corrected chi connectivity index (χ4v) is 1.62. The molecule has 1 heterocycles. The van der Waals surface area contributed by atoms with Crippen LogP contribution in [0.3, 0.4) is 0 Å². The van der Waals surface area contributed by atoms with Crippen LogP contribution in [0, 0.1) is 0 Å². The maximum atomic E-state index is 12.8. The molecule has 0 radical (unpaired) electrons. The lowest BCUT2D eigenvalue weighted by Crippen LogP contribution is -2.35. The van der Waals surface area contributed by atoms with Crippen LogP contribution in [0.5, 0.6) is 0 Å². The quantitative estimate of drug-likeness (QED) is 0.735. The van der Waals surface area contributed by atoms with E-state index in [-0.39, 0.29) is 6.54 Å². The Morgan fingerprint density at radius 1 is 1.21 bits per heavy atom. The van der Waals surface area contributed by atoms with Crippen LogP contribution < -0.4 is 5.32 Å². The van der Waals surface area contributed by atoms with Gasteiger partial charge < -0.3 is 10.4 Å². The zero-order valence-electron chi connectivity index (χ0n) is 10.1. The Morgan fingerprint density at radius 2 is 1.95 bits per heavy atom. The number of aromatic nitrogens is 3. The average molecular weight is 268 g/mol. The number of nitrogens with zero attached hydrogens (tertiary/aromatic N) is 2. The van der Waals surface area contributed by atoms with Crippen molar-refractivity contribution < 1.29 is 13.9 Å². The molecule has 102 valence electrons. The second kappa shape index (κ2) is 5.85. The number of nitrogens with one attached hydrogen (secondary N) is 2. The molecule has 0 saturated carbocycles. The molecule has 0 atom stereocenters. The van der Waals surface area contributed by atoms with E-state index < -0.39 is 19.1 Å². The average Bonchev–Trinajstić information content (AvgIpc) is 2.88. The van der Waals surface area contributed by atoms with Gasteiger partial charge >= 0.3 is 0 Å². The number of H-pyrrole nitrogens is 1. The zero-order chi connectivity index (χ0) is 13.7. The van der Waals surface area contributed by atoms with Crippen LogP contribution in [0.4, 0.5) is 8.78 Å². The summed E-state index contributed by atoms with van der Waals surface area (Å²) in [7, 11) is 0. The van der Waals surface area contributed by atoms with E-state index in [2.05, 4.69) is 20.7 Å². The van der Waals surface area contributed by atoms with Gasteiger partial charge in [0, 0.05) is 12.1 Å². The summed E-state index contributed by atoms with van der Waals surface area (Å²) in [6, 6.07) is 9.33. The Balaban J connectivity index is 2.01. The van der Waals surface area contributed by atoms with Crippen molar-refractivity contribution in [1.82, 2.24) is 20.7 Å². The van der Waals surface area contributed by atoms with E-state index in [1.807, 2.05) is 30.3 Å². The van der Waals surface area contributed by atoms with Gasteiger partial charge in [-0.2, -0.15) is 15.4 Å². The highest BCUT2D eigenvalue weighted by Crippen LogP contribution is 2.19. The first-order chi connectivity index (χ1) is 9.12. The van der Waals surface area contributed by atoms with Crippen LogP contribution >= 0.6 is 0 Å². The summed E-state index contributed by atoms with van der Waals surface area (Å²) in [5.74, 6) is -3.13. The highest BCUT2D eigenvalue weighted by molar-refractivity contribution is 5.60. The highest BCUT2D eigenvalue weighted by Gasteiger charge is 2.27. The molecular formula is C12H14F2N4O. The monoisotopic (exact) mass is 268 g/mol. The predicted octanol–water partition coefficient (Wildman–Crippen LogP) is 1.19. The van der Waals surface area contributed by atoms with Gasteiger partial charge in [0.05, 0.1) is 6.54 Å². The second-order valence-electron chi connectivity index (χ2n) is 4.10. The molecule has 5 nitrogen and oxygen atoms in total. The van der Waals surface area contributed by atoms with E-state index in [0.717, 1.165) is 5.56 Å². The Labute approximate surface area is 108 Å². The largest absolute Gasteiger partial charge is 0.390 e. The molecule has 7 heteroatoms. The summed E-state index contributed by atoms with van der Waals surface area (Å²) < 4.78 is 25.7. The Morgan fingerprint density at radius 3 is 2.63 bits per heavy atom. The highest BCUT2D eigenvalue weighted by atomic mass is 19.3. The number of hydrogen-bond acceptors (Lipinski definition) is 4. The zero-order valence-corrected chi connectivity index (χ0v) is 10.1. The number of alkyl halides is 2. The summed E-state index contributed by atoms with van der Waals surface area (Å²) >= 11 is 0. The van der Waals surface area contributed by atoms with Crippen molar-refractivity contribution in [3.8, 4) is 11.3 Å². The molecule has 0 bridgehead atoms. The van der Waals surface area contributed by atoms with Crippen LogP contribution in [0.25, 0.3) is 11.3 Å². The molecule has 0 spiro atoms. The van der Waals surface area contributed by atoms with Gasteiger partial charge in [-0.05, 0) is 0 Å². The van der Waals surface area contributed by atoms with E-state index in [4.69, 9.17) is 5.11 Å². The van der Waals surface area contributed by atoms with Crippen LogP contribution in [0.2, 0.25) is 0 Å². The second-order valence-corrected chi connectivity index (χ2v) is 4.10. The number of hydrogen-bond donors (Lipinski definition) is 3. The summed E-state index contributed by atoms with van der Waals surface area (Å²) in [6.07, 6.45) is 0. The van der Waals surface area contributed by atoms with Gasteiger partial charge in [-0.15, -0.1) is 0 Å². The van der Waals surface area contributed by atoms with Gasteiger partial charge in [-0.25, -0.2) is 8.78 Å². The van der Waals surface area contributed by atoms with Gasteiger partial charge in [-0.1, -0.05) is 30.3 Å². The van der Waals surface area contributed by atoms with Crippen molar-refractivity contribution in [3.63, 3.8) is 0 Å². The Kier molecular flexibility index (Phi) is 4.18. The van der Waals surface area contributed by atoms with E-state index in [0.29, 0.717) is 11.4 Å². The van der Waals surface area contributed by atoms with E-state index >= 15 is 0 Å². The van der Waals surface area contributed by atoms with Crippen molar-refractivity contribution in [2.24, 2.45) is 0 Å². The molecule has 1 aromatic heterocycles. The summed E-state index contributed by atoms with van der Waals surface area (Å²) in [6.45, 7) is -1.63. The third-order valence-electron chi connectivity index (χ3n) is 2.57. The molecule has 1 aromatic carbocycles. The number of aliphatic hydroxyl groups excluding tert-OH is 1. The number of aromatic amines is 1. The predicted molar refractivity (Wildman–Crippen MR) is 65.6 cm³/mol. The van der Waals surface area contributed by atoms with Crippen molar-refractivity contribution in [2.75, 3.05) is 13.2 Å². The Hall–Kier alpha value is -1.86. The molecule has 2 rings (SSSR count). The lowest BCUT2D eigenvalue weighted by Gasteiger charge is -2.13. The minimum Gasteiger partial charge on any atom is -0.390 e. The lowest BCUT2D eigenvalue weighted by atomic mass is 10.1. The molecule has 0 fully saturated rings. The van der Waals surface area contributed by atoms with Crippen LogP contribution in [0.1, 0.15) is 5.69 Å². The van der Waals surface area contributed by atoms with Gasteiger partial charge in [0.15, 0.2) is 0 Å². The van der Waals surface area contributed by atoms with Crippen molar-refractivity contribution in [1.29, 1.82) is 0 Å². The number of halogens is 2. The van der Waals surface area contributed by atoms with E-state index in [9.17, 15) is 8.78 Å². The van der Waals surface area contributed by atoms with E-state index in [1.54, 1.807) is 0 Å². The minimum atomic E-state index is -3.13. The molecule has 0 aliphatic heterocycles. The molecule has 3 N–H and O–H groups in total. The van der Waals surface area contributed by atoms with Gasteiger partial charge in [-0.3, -0.25) is 0 Å². The molecule has 2 aromatic rings. The smallest absolute Gasteiger partial charge is 0.282 e. The summed E-state index contributed by atoms with van der Waals surface area (Å²) in [4.78, 5) is 0.